The van der Waals surface area contributed by atoms with Crippen molar-refractivity contribution in [3.63, 3.8) is 0 Å². The zero-order chi connectivity index (χ0) is 20.9. The van der Waals surface area contributed by atoms with E-state index >= 15 is 0 Å². The summed E-state index contributed by atoms with van der Waals surface area (Å²) >= 11 is 5.20. The number of hydrogen-bond acceptors (Lipinski definition) is 5. The van der Waals surface area contributed by atoms with E-state index in [2.05, 4.69) is 41.9 Å². The second-order valence-corrected chi connectivity index (χ2v) is 9.99. The molecule has 2 N–H and O–H groups in total. The second kappa shape index (κ2) is 7.47. The first kappa shape index (κ1) is 19.9. The van der Waals surface area contributed by atoms with Crippen molar-refractivity contribution in [3.05, 3.63) is 72.3 Å². The van der Waals surface area contributed by atoms with Crippen LogP contribution in [0.5, 0.6) is 0 Å². The van der Waals surface area contributed by atoms with Crippen molar-refractivity contribution in [2.45, 2.75) is 46.0 Å². The summed E-state index contributed by atoms with van der Waals surface area (Å²) in [7, 11) is 0. The van der Waals surface area contributed by atoms with Gasteiger partial charge in [0.15, 0.2) is 5.78 Å². The molecule has 1 aliphatic carbocycles. The summed E-state index contributed by atoms with van der Waals surface area (Å²) in [6, 6.07) is 10.4. The van der Waals surface area contributed by atoms with Crippen molar-refractivity contribution in [1.82, 2.24) is 0 Å². The van der Waals surface area contributed by atoms with Gasteiger partial charge < -0.3 is 5.73 Å². The van der Waals surface area contributed by atoms with Gasteiger partial charge in [-0.3, -0.25) is 9.69 Å². The second-order valence-electron chi connectivity index (χ2n) is 7.62. The number of allylic oxidation sites excluding steroid dienone is 3. The van der Waals surface area contributed by atoms with Gasteiger partial charge in [0.2, 0.25) is 0 Å². The van der Waals surface area contributed by atoms with Gasteiger partial charge in [-0.25, -0.2) is 0 Å². The minimum Gasteiger partial charge on any atom is -0.384 e. The van der Waals surface area contributed by atoms with E-state index in [9.17, 15) is 10.1 Å². The first-order valence-electron chi connectivity index (χ1n) is 9.62. The Kier molecular flexibility index (Phi) is 5.14. The van der Waals surface area contributed by atoms with Crippen molar-refractivity contribution in [2.24, 2.45) is 5.73 Å². The van der Waals surface area contributed by atoms with Crippen molar-refractivity contribution >= 4 is 38.7 Å². The van der Waals surface area contributed by atoms with E-state index in [1.54, 1.807) is 11.3 Å². The molecule has 1 atom stereocenters. The third kappa shape index (κ3) is 3.23. The maximum absolute atomic E-state index is 13.2. The van der Waals surface area contributed by atoms with E-state index in [4.69, 9.17) is 5.73 Å². The van der Waals surface area contributed by atoms with Crippen LogP contribution in [0.2, 0.25) is 0 Å². The molecule has 0 bridgehead atoms. The van der Waals surface area contributed by atoms with Crippen molar-refractivity contribution in [2.75, 3.05) is 4.90 Å². The third-order valence-corrected chi connectivity index (χ3v) is 7.18. The highest BCUT2D eigenvalue weighted by molar-refractivity contribution is 9.10. The van der Waals surface area contributed by atoms with Crippen LogP contribution in [0.4, 0.5) is 5.69 Å². The van der Waals surface area contributed by atoms with Gasteiger partial charge in [-0.2, -0.15) is 5.26 Å². The quantitative estimate of drug-likeness (QED) is 0.610. The standard InChI is InChI=1S/C23H22BrN3OS/c1-12-9-15(24)7-8-18(12)27-19-5-4-6-20(28)22(19)21(17(11-25)23(27)26)16-10-13(2)29-14(16)3/h7-10,21H,4-6,26H2,1-3H3/t21-/m1/s1. The summed E-state index contributed by atoms with van der Waals surface area (Å²) in [5.41, 5.74) is 11.8. The number of halogens is 1. The minimum absolute atomic E-state index is 0.125. The Bertz CT molecular complexity index is 1140. The van der Waals surface area contributed by atoms with E-state index in [-0.39, 0.29) is 11.7 Å². The molecule has 0 spiro atoms. The predicted molar refractivity (Wildman–Crippen MR) is 121 cm³/mol. The molecule has 4 nitrogen and oxygen atoms in total. The lowest BCUT2D eigenvalue weighted by atomic mass is 9.75. The fourth-order valence-corrected chi connectivity index (χ4v) is 5.92. The molecule has 0 saturated carbocycles. The van der Waals surface area contributed by atoms with Crippen molar-refractivity contribution in [1.29, 1.82) is 5.26 Å². The Morgan fingerprint density at radius 2 is 2.00 bits per heavy atom. The number of Topliss-reactive ketones (excluding diaryl/α,β-unsaturated/α-hetero) is 1. The number of anilines is 1. The van der Waals surface area contributed by atoms with Gasteiger partial charge in [0.05, 0.1) is 23.2 Å². The normalized spacial score (nSPS) is 19.5. The number of carbonyl (C=O) groups is 1. The highest BCUT2D eigenvalue weighted by Gasteiger charge is 2.41. The summed E-state index contributed by atoms with van der Waals surface area (Å²) in [5.74, 6) is 0.180. The molecule has 2 aromatic rings. The highest BCUT2D eigenvalue weighted by atomic mass is 79.9. The fourth-order valence-electron chi connectivity index (χ4n) is 4.48. The number of rotatable bonds is 2. The van der Waals surface area contributed by atoms with E-state index < -0.39 is 0 Å². The third-order valence-electron chi connectivity index (χ3n) is 5.70. The number of ketones is 1. The van der Waals surface area contributed by atoms with Gasteiger partial charge in [0.1, 0.15) is 5.82 Å². The van der Waals surface area contributed by atoms with Crippen LogP contribution in [0, 0.1) is 32.1 Å². The summed E-state index contributed by atoms with van der Waals surface area (Å²) in [5, 5.41) is 10.1. The Balaban J connectivity index is 2.01. The molecule has 2 heterocycles. The predicted octanol–water partition coefficient (Wildman–Crippen LogP) is 5.74. The van der Waals surface area contributed by atoms with Crippen LogP contribution in [0.25, 0.3) is 0 Å². The number of aryl methyl sites for hydroxylation is 3. The van der Waals surface area contributed by atoms with Crippen LogP contribution in [0.3, 0.4) is 0 Å². The summed E-state index contributed by atoms with van der Waals surface area (Å²) < 4.78 is 0.981. The molecule has 0 unspecified atom stereocenters. The molecule has 0 amide bonds. The zero-order valence-corrected chi connectivity index (χ0v) is 19.1. The number of benzene rings is 1. The Labute approximate surface area is 183 Å². The van der Waals surface area contributed by atoms with Crippen LogP contribution >= 0.6 is 27.3 Å². The van der Waals surface area contributed by atoms with E-state index in [1.165, 1.54) is 4.88 Å². The van der Waals surface area contributed by atoms with Crippen LogP contribution in [-0.4, -0.2) is 5.78 Å². The SMILES string of the molecule is Cc1cc([C@@H]2C(C#N)=C(N)N(c3ccc(Br)cc3C)C3=C2C(=O)CCC3)c(C)s1. The van der Waals surface area contributed by atoms with Crippen molar-refractivity contribution in [3.8, 4) is 6.07 Å². The largest absolute Gasteiger partial charge is 0.384 e. The number of nitriles is 1. The average molecular weight is 468 g/mol. The van der Waals surface area contributed by atoms with Crippen LogP contribution in [0.1, 0.15) is 46.1 Å². The van der Waals surface area contributed by atoms with Gasteiger partial charge >= 0.3 is 0 Å². The molecule has 1 aliphatic heterocycles. The Hall–Kier alpha value is -2.36. The van der Waals surface area contributed by atoms with Gasteiger partial charge in [0, 0.05) is 31.9 Å². The lowest BCUT2D eigenvalue weighted by Gasteiger charge is -2.40. The molecule has 0 saturated heterocycles. The molecule has 0 radical (unpaired) electrons. The van der Waals surface area contributed by atoms with Gasteiger partial charge in [-0.15, -0.1) is 11.3 Å². The van der Waals surface area contributed by atoms with Gasteiger partial charge in [-0.05, 0) is 69.0 Å². The molecule has 2 aliphatic rings. The van der Waals surface area contributed by atoms with Crippen molar-refractivity contribution < 1.29 is 4.79 Å². The van der Waals surface area contributed by atoms with E-state index in [0.717, 1.165) is 50.3 Å². The monoisotopic (exact) mass is 467 g/mol. The lowest BCUT2D eigenvalue weighted by Crippen LogP contribution is -2.39. The Morgan fingerprint density at radius 3 is 2.62 bits per heavy atom. The average Bonchev–Trinajstić information content (AvgIpc) is 3.00. The lowest BCUT2D eigenvalue weighted by molar-refractivity contribution is -0.116. The summed E-state index contributed by atoms with van der Waals surface area (Å²) in [6.45, 7) is 6.12. The zero-order valence-electron chi connectivity index (χ0n) is 16.7. The summed E-state index contributed by atoms with van der Waals surface area (Å²) in [6.07, 6.45) is 2.09. The molecule has 1 aromatic carbocycles. The van der Waals surface area contributed by atoms with Crippen LogP contribution in [0.15, 0.2) is 51.4 Å². The minimum atomic E-state index is -0.375. The van der Waals surface area contributed by atoms with Gasteiger partial charge in [-0.1, -0.05) is 15.9 Å². The molecule has 6 heteroatoms. The number of nitrogens with two attached hydrogens (primary N) is 1. The van der Waals surface area contributed by atoms with Crippen LogP contribution in [-0.2, 0) is 4.79 Å². The first-order chi connectivity index (χ1) is 13.8. The van der Waals surface area contributed by atoms with E-state index in [0.29, 0.717) is 17.8 Å². The molecule has 0 fully saturated rings. The first-order valence-corrected chi connectivity index (χ1v) is 11.2. The fraction of sp³-hybridized carbons (Fsp3) is 0.304. The topological polar surface area (TPSA) is 70.1 Å². The summed E-state index contributed by atoms with van der Waals surface area (Å²) in [4.78, 5) is 17.4. The molecule has 4 rings (SSSR count). The smallest absolute Gasteiger partial charge is 0.161 e. The molecule has 29 heavy (non-hydrogen) atoms. The molecule has 1 aromatic heterocycles. The van der Waals surface area contributed by atoms with E-state index in [1.807, 2.05) is 30.0 Å². The van der Waals surface area contributed by atoms with Gasteiger partial charge in [0.25, 0.3) is 0 Å². The Morgan fingerprint density at radius 1 is 1.24 bits per heavy atom. The maximum atomic E-state index is 13.2. The molecular formula is C23H22BrN3OS. The number of thiophene rings is 1. The maximum Gasteiger partial charge on any atom is 0.161 e. The number of carbonyl (C=O) groups excluding carboxylic acids is 1. The number of hydrogen-bond donors (Lipinski definition) is 1. The molecule has 148 valence electrons. The number of nitrogens with zero attached hydrogens (tertiary/aromatic N) is 2. The highest BCUT2D eigenvalue weighted by Crippen LogP contribution is 2.48. The van der Waals surface area contributed by atoms with Crippen LogP contribution < -0.4 is 10.6 Å². The molecular weight excluding hydrogens is 446 g/mol.